The molecule has 0 radical (unpaired) electrons. The number of aromatic nitrogens is 9. The molecular formula is C82H119ClN12O11. The van der Waals surface area contributed by atoms with Gasteiger partial charge in [0.05, 0.1) is 43.0 Å². The fourth-order valence-electron chi connectivity index (χ4n) is 13.2. The summed E-state index contributed by atoms with van der Waals surface area (Å²) < 4.78 is 34.6. The van der Waals surface area contributed by atoms with Crippen molar-refractivity contribution < 1.29 is 53.0 Å². The summed E-state index contributed by atoms with van der Waals surface area (Å²) in [5, 5.41) is 19.5. The minimum atomic E-state index is -0.928. The van der Waals surface area contributed by atoms with E-state index in [4.69, 9.17) is 75.0 Å². The number of rotatable bonds is 26. The molecule has 580 valence electrons. The first-order chi connectivity index (χ1) is 49.8. The third-order valence-corrected chi connectivity index (χ3v) is 18.1. The monoisotopic (exact) mass is 1480 g/mol. The van der Waals surface area contributed by atoms with Crippen molar-refractivity contribution >= 4 is 46.4 Å². The van der Waals surface area contributed by atoms with Crippen molar-refractivity contribution in [1.82, 2.24) is 44.9 Å². The Labute approximate surface area is 634 Å². The van der Waals surface area contributed by atoms with Crippen molar-refractivity contribution in [3.8, 4) is 46.1 Å². The molecule has 106 heavy (non-hydrogen) atoms. The molecule has 23 nitrogen and oxygen atoms in total. The van der Waals surface area contributed by atoms with Gasteiger partial charge in [-0.2, -0.15) is 0 Å². The van der Waals surface area contributed by atoms with Crippen molar-refractivity contribution in [1.29, 1.82) is 0 Å². The average molecular weight is 1480 g/mol. The van der Waals surface area contributed by atoms with Gasteiger partial charge in [0.25, 0.3) is 0 Å². The van der Waals surface area contributed by atoms with Crippen LogP contribution >= 0.6 is 11.6 Å². The molecule has 11 rings (SSSR count). The number of aryl methyl sites for hydroxylation is 3. The number of ether oxygens (including phenoxy) is 6. The van der Waals surface area contributed by atoms with E-state index in [0.29, 0.717) is 96.6 Å². The summed E-state index contributed by atoms with van der Waals surface area (Å²) in [4.78, 5) is 85.6. The number of carbonyl (C=O) groups is 3. The largest absolute Gasteiger partial charge is 0.490 e. The third kappa shape index (κ3) is 27.2. The number of aliphatic hydroxyl groups is 2. The highest BCUT2D eigenvalue weighted by Crippen LogP contribution is 2.36. The lowest BCUT2D eigenvalue weighted by Gasteiger charge is -2.32. The van der Waals surface area contributed by atoms with E-state index in [1.807, 2.05) is 75.7 Å². The Kier molecular flexibility index (Phi) is 29.6. The molecule has 6 aromatic rings. The molecule has 2 atom stereocenters. The van der Waals surface area contributed by atoms with Crippen LogP contribution < -0.4 is 24.2 Å². The van der Waals surface area contributed by atoms with E-state index in [2.05, 4.69) is 77.3 Å². The third-order valence-electron chi connectivity index (χ3n) is 17.8. The number of carbonyl (C=O) groups excluding carboxylic acids is 3. The topological polar surface area (TPSA) is 273 Å². The molecule has 0 spiro atoms. The number of hydrogen-bond acceptors (Lipinski definition) is 23. The Balaban J connectivity index is 0.000000188. The Morgan fingerprint density at radius 2 is 0.821 bits per heavy atom. The van der Waals surface area contributed by atoms with E-state index in [1.54, 1.807) is 56.7 Å². The zero-order chi connectivity index (χ0) is 77.4. The number of ketones is 3. The fourth-order valence-corrected chi connectivity index (χ4v) is 13.3. The number of pyridine rings is 3. The van der Waals surface area contributed by atoms with Gasteiger partial charge >= 0.3 is 0 Å². The van der Waals surface area contributed by atoms with Gasteiger partial charge in [-0.05, 0) is 178 Å². The second-order valence-corrected chi connectivity index (χ2v) is 34.8. The van der Waals surface area contributed by atoms with Gasteiger partial charge in [-0.15, -0.1) is 0 Å². The quantitative estimate of drug-likeness (QED) is 0.0510. The van der Waals surface area contributed by atoms with Crippen molar-refractivity contribution in [2.75, 3.05) is 88.5 Å². The molecule has 3 aliphatic carbocycles. The smallest absolute Gasteiger partial charge is 0.180 e. The molecular weight excluding hydrogens is 1360 g/mol. The fraction of sp³-hybridized carbons (Fsp3) is 0.634. The second kappa shape index (κ2) is 37.2. The van der Waals surface area contributed by atoms with Gasteiger partial charge in [0.15, 0.2) is 47.4 Å². The number of Topliss-reactive ketones (excluding diaryl/α,β-unsaturated/α-hetero) is 3. The molecule has 6 aromatic heterocycles. The number of anilines is 3. The van der Waals surface area contributed by atoms with Crippen LogP contribution in [-0.2, 0) is 71.9 Å². The van der Waals surface area contributed by atoms with Gasteiger partial charge < -0.3 is 53.3 Å². The molecule has 0 saturated carbocycles. The van der Waals surface area contributed by atoms with Gasteiger partial charge in [-0.1, -0.05) is 73.9 Å². The standard InChI is InChI=1S/C29H42N4O4.C24H34N4O3.C20H25ClN4O.C9H18O3/c1-28(2,3)17-20(34)18-33(6)27-22-10-9-11-23(22)31-26(32-27)24-16-21(13-14-30-24)36-19-29(4,5)37-25-12-7-8-15-35-25;1-23(2,3)13-16(29)14-28(6)22-18-8-7-9-19(18)26-21(27-22)20-12-17(10-11-25-20)31-15-24(4,5)30;1-20(2,3)11-14(26)12-25(4)19-15-6-5-7-16(15)23-18(24-19)17-10-13(21)8-9-22-17;1-9(2,7-10)12-8-5-3-4-6-11-8/h13-14,16,25H,7-12,15,17-19H2,1-6H3;10-12,30H,7-9,13-15H2,1-6H3;8-10H,5-7,11-12H2,1-4H3;8,10H,3-7H2,1-2H3. The highest BCUT2D eigenvalue weighted by molar-refractivity contribution is 6.30. The molecule has 2 saturated heterocycles. The number of halogens is 1. The van der Waals surface area contributed by atoms with Crippen LogP contribution in [0.3, 0.4) is 0 Å². The van der Waals surface area contributed by atoms with Crippen LogP contribution in [0, 0.1) is 16.2 Å². The highest BCUT2D eigenvalue weighted by atomic mass is 35.5. The van der Waals surface area contributed by atoms with E-state index >= 15 is 0 Å². The molecule has 2 fully saturated rings. The SMILES string of the molecule is CC(C)(CO)OC1CCCCO1.CN(CC(=O)CC(C)(C)C)c1nc(-c2cc(Cl)ccn2)nc2c1CCC2.CN(CC(=O)CC(C)(C)C)c1nc(-c2cc(OCC(C)(C)O)ccn2)nc2c1CCC2.CN(CC(=O)CC(C)(C)C)c1nc(-c2cc(OCC(C)(C)OC3CCCCO3)ccn2)nc2c1CCC2. The molecule has 8 heterocycles. The van der Waals surface area contributed by atoms with Gasteiger partial charge in [0.1, 0.15) is 59.2 Å². The van der Waals surface area contributed by atoms with E-state index in [1.165, 1.54) is 0 Å². The lowest BCUT2D eigenvalue weighted by atomic mass is 9.90. The van der Waals surface area contributed by atoms with Crippen molar-refractivity contribution in [3.63, 3.8) is 0 Å². The van der Waals surface area contributed by atoms with E-state index in [0.717, 1.165) is 161 Å². The number of nitrogens with zero attached hydrogens (tertiary/aromatic N) is 12. The minimum absolute atomic E-state index is 0.0125. The summed E-state index contributed by atoms with van der Waals surface area (Å²) in [5.41, 5.74) is 6.49. The summed E-state index contributed by atoms with van der Waals surface area (Å²) >= 11 is 6.09. The number of fused-ring (bicyclic) bond motifs is 3. The molecule has 2 aliphatic heterocycles. The zero-order valence-corrected chi connectivity index (χ0v) is 67.3. The maximum Gasteiger partial charge on any atom is 0.180 e. The van der Waals surface area contributed by atoms with Crippen LogP contribution in [0.4, 0.5) is 17.5 Å². The first-order valence-corrected chi connectivity index (χ1v) is 38.3. The van der Waals surface area contributed by atoms with Gasteiger partial charge in [-0.3, -0.25) is 29.3 Å². The van der Waals surface area contributed by atoms with Crippen LogP contribution in [0.1, 0.15) is 215 Å². The molecule has 2 N–H and O–H groups in total. The molecule has 0 amide bonds. The van der Waals surface area contributed by atoms with Crippen LogP contribution in [0.25, 0.3) is 34.6 Å². The van der Waals surface area contributed by atoms with Crippen LogP contribution in [0.5, 0.6) is 11.5 Å². The van der Waals surface area contributed by atoms with Crippen molar-refractivity contribution in [2.24, 2.45) is 16.2 Å². The van der Waals surface area contributed by atoms with E-state index in [9.17, 15) is 19.5 Å². The summed E-state index contributed by atoms with van der Waals surface area (Å²) in [6, 6.07) is 10.8. The molecule has 2 unspecified atom stereocenters. The van der Waals surface area contributed by atoms with Crippen LogP contribution in [-0.4, -0.2) is 176 Å². The van der Waals surface area contributed by atoms with Gasteiger partial charge in [-0.25, -0.2) is 29.9 Å². The second-order valence-electron chi connectivity index (χ2n) is 34.4. The normalized spacial score (nSPS) is 16.5. The van der Waals surface area contributed by atoms with Crippen molar-refractivity contribution in [3.05, 3.63) is 93.8 Å². The van der Waals surface area contributed by atoms with Crippen LogP contribution in [0.15, 0.2) is 55.0 Å². The first-order valence-electron chi connectivity index (χ1n) is 37.9. The Hall–Kier alpha value is -7.25. The molecule has 0 bridgehead atoms. The number of aliphatic hydroxyl groups excluding tert-OH is 1. The van der Waals surface area contributed by atoms with E-state index in [-0.39, 0.29) is 59.4 Å². The number of likely N-dealkylation sites (N-methyl/N-ethyl adjacent to an activating group) is 3. The molecule has 24 heteroatoms. The predicted octanol–water partition coefficient (Wildman–Crippen LogP) is 14.2. The molecule has 0 aromatic carbocycles. The highest BCUT2D eigenvalue weighted by Gasteiger charge is 2.32. The maximum absolute atomic E-state index is 12.7. The summed E-state index contributed by atoms with van der Waals surface area (Å²) in [7, 11) is 5.79. The van der Waals surface area contributed by atoms with Crippen molar-refractivity contribution in [2.45, 2.75) is 249 Å². The van der Waals surface area contributed by atoms with E-state index < -0.39 is 16.8 Å². The first kappa shape index (κ1) is 84.4. The lowest BCUT2D eigenvalue weighted by molar-refractivity contribution is -0.223. The summed E-state index contributed by atoms with van der Waals surface area (Å²) in [6.45, 7) is 33.0. The number of hydrogen-bond donors (Lipinski definition) is 2. The minimum Gasteiger partial charge on any atom is -0.490 e. The predicted molar refractivity (Wildman–Crippen MR) is 416 cm³/mol. The zero-order valence-electron chi connectivity index (χ0n) is 66.5. The Morgan fingerprint density at radius 3 is 1.15 bits per heavy atom. The Morgan fingerprint density at radius 1 is 0.472 bits per heavy atom. The van der Waals surface area contributed by atoms with Gasteiger partial charge in [0.2, 0.25) is 0 Å². The molecule has 5 aliphatic rings. The summed E-state index contributed by atoms with van der Waals surface area (Å²) in [6.07, 6.45) is 21.4. The van der Waals surface area contributed by atoms with Gasteiger partial charge in [0, 0.05) is 123 Å². The van der Waals surface area contributed by atoms with Crippen LogP contribution in [0.2, 0.25) is 5.02 Å². The summed E-state index contributed by atoms with van der Waals surface area (Å²) in [5.74, 6) is 6.04. The average Bonchev–Trinajstić information content (AvgIpc) is 1.55. The lowest BCUT2D eigenvalue weighted by Crippen LogP contribution is -2.38. The maximum atomic E-state index is 12.7. The Bertz CT molecular complexity index is 3910.